The summed E-state index contributed by atoms with van der Waals surface area (Å²) in [7, 11) is 3.96. The van der Waals surface area contributed by atoms with Gasteiger partial charge in [0.25, 0.3) is 0 Å². The van der Waals surface area contributed by atoms with Gasteiger partial charge in [0.05, 0.1) is 17.3 Å². The predicted octanol–water partition coefficient (Wildman–Crippen LogP) is 5.32. The summed E-state index contributed by atoms with van der Waals surface area (Å²) < 4.78 is 0. The van der Waals surface area contributed by atoms with Gasteiger partial charge in [0.2, 0.25) is 0 Å². The number of allylic oxidation sites excluding steroid dienone is 1. The second-order valence-electron chi connectivity index (χ2n) is 7.70. The van der Waals surface area contributed by atoms with Gasteiger partial charge in [0.15, 0.2) is 0 Å². The number of hydrogen-bond acceptors (Lipinski definition) is 5. The molecule has 148 valence electrons. The van der Waals surface area contributed by atoms with Gasteiger partial charge in [-0.1, -0.05) is 18.7 Å². The highest BCUT2D eigenvalue weighted by molar-refractivity contribution is 5.87. The topological polar surface area (TPSA) is 64.8 Å². The zero-order valence-electron chi connectivity index (χ0n) is 17.6. The van der Waals surface area contributed by atoms with Crippen molar-refractivity contribution < 1.29 is 0 Å². The van der Waals surface area contributed by atoms with Gasteiger partial charge < -0.3 is 10.2 Å². The van der Waals surface area contributed by atoms with Crippen LogP contribution in [0.15, 0.2) is 54.8 Å². The minimum Gasteiger partial charge on any atom is -0.363 e. The molecular weight excluding hydrogens is 370 g/mol. The molecule has 2 aromatic heterocycles. The smallest absolute Gasteiger partial charge is 0.138 e. The number of aromatic nitrogens is 2. The maximum absolute atomic E-state index is 9.52. The monoisotopic (exact) mass is 393 g/mol. The van der Waals surface area contributed by atoms with Crippen LogP contribution in [-0.2, 0) is 0 Å². The van der Waals surface area contributed by atoms with Crippen LogP contribution >= 0.6 is 0 Å². The molecule has 0 radical (unpaired) electrons. The van der Waals surface area contributed by atoms with Crippen LogP contribution < -0.4 is 10.2 Å². The zero-order chi connectivity index (χ0) is 21.4. The van der Waals surface area contributed by atoms with E-state index < -0.39 is 0 Å². The molecule has 1 N–H and O–H groups in total. The molecule has 0 unspecified atom stereocenters. The minimum absolute atomic E-state index is 0.648. The molecule has 1 aliphatic heterocycles. The molecular formula is C25H23N5. The van der Waals surface area contributed by atoms with Gasteiger partial charge in [0, 0.05) is 42.2 Å². The Morgan fingerprint density at radius 3 is 2.53 bits per heavy atom. The maximum atomic E-state index is 9.52. The number of aryl methyl sites for hydroxylation is 2. The van der Waals surface area contributed by atoms with Crippen molar-refractivity contribution in [2.75, 3.05) is 24.3 Å². The Morgan fingerprint density at radius 1 is 1.00 bits per heavy atom. The van der Waals surface area contributed by atoms with E-state index in [0.717, 1.165) is 56.5 Å². The van der Waals surface area contributed by atoms with E-state index in [1.54, 1.807) is 0 Å². The molecule has 0 saturated carbocycles. The van der Waals surface area contributed by atoms with Gasteiger partial charge >= 0.3 is 0 Å². The fourth-order valence-electron chi connectivity index (χ4n) is 3.51. The van der Waals surface area contributed by atoms with Gasteiger partial charge in [-0.05, 0) is 61.4 Å². The van der Waals surface area contributed by atoms with E-state index in [1.807, 2.05) is 63.2 Å². The van der Waals surface area contributed by atoms with Gasteiger partial charge in [-0.3, -0.25) is 0 Å². The summed E-state index contributed by atoms with van der Waals surface area (Å²) in [6, 6.07) is 14.4. The summed E-state index contributed by atoms with van der Waals surface area (Å²) in [5, 5.41) is 12.8. The molecule has 1 aromatic carbocycles. The van der Waals surface area contributed by atoms with Gasteiger partial charge in [-0.25, -0.2) is 9.97 Å². The molecule has 3 heterocycles. The molecule has 0 spiro atoms. The van der Waals surface area contributed by atoms with Crippen LogP contribution in [0.4, 0.5) is 11.6 Å². The molecule has 30 heavy (non-hydrogen) atoms. The lowest BCUT2D eigenvalue weighted by molar-refractivity contribution is 1.05. The normalized spacial score (nSPS) is 12.2. The van der Waals surface area contributed by atoms with Gasteiger partial charge in [0.1, 0.15) is 11.6 Å². The Labute approximate surface area is 177 Å². The maximum Gasteiger partial charge on any atom is 0.138 e. The number of anilines is 2. The Hall–Kier alpha value is -3.91. The summed E-state index contributed by atoms with van der Waals surface area (Å²) in [4.78, 5) is 11.6. The highest BCUT2D eigenvalue weighted by atomic mass is 15.1. The van der Waals surface area contributed by atoms with Crippen LogP contribution in [0.25, 0.3) is 28.5 Å². The lowest BCUT2D eigenvalue weighted by Crippen LogP contribution is -2.11. The van der Waals surface area contributed by atoms with Crippen molar-refractivity contribution in [2.45, 2.75) is 13.8 Å². The Bertz CT molecular complexity index is 1250. The molecule has 0 aliphatic carbocycles. The van der Waals surface area contributed by atoms with E-state index >= 15 is 0 Å². The molecule has 0 fully saturated rings. The number of nitrogens with zero attached hydrogens (tertiary/aromatic N) is 4. The highest BCUT2D eigenvalue weighted by Crippen LogP contribution is 2.37. The van der Waals surface area contributed by atoms with E-state index in [1.165, 1.54) is 0 Å². The predicted molar refractivity (Wildman–Crippen MR) is 123 cm³/mol. The molecule has 4 rings (SSSR count). The fourth-order valence-corrected chi connectivity index (χ4v) is 3.51. The van der Waals surface area contributed by atoms with E-state index in [0.29, 0.717) is 5.56 Å². The van der Waals surface area contributed by atoms with Gasteiger partial charge in [-0.15, -0.1) is 0 Å². The minimum atomic E-state index is 0.648. The second kappa shape index (κ2) is 7.49. The Kier molecular flexibility index (Phi) is 4.85. The van der Waals surface area contributed by atoms with E-state index in [4.69, 9.17) is 4.98 Å². The molecule has 0 atom stereocenters. The quantitative estimate of drug-likeness (QED) is 0.653. The van der Waals surface area contributed by atoms with Crippen LogP contribution in [-0.4, -0.2) is 24.1 Å². The van der Waals surface area contributed by atoms with Crippen molar-refractivity contribution >= 4 is 17.7 Å². The average molecular weight is 393 g/mol. The molecule has 0 bridgehead atoms. The molecule has 3 aromatic rings. The third kappa shape index (κ3) is 3.56. The summed E-state index contributed by atoms with van der Waals surface area (Å²) in [5.74, 6) is 1.65. The highest BCUT2D eigenvalue weighted by Gasteiger charge is 2.18. The van der Waals surface area contributed by atoms with Crippen LogP contribution in [0.2, 0.25) is 0 Å². The lowest BCUT2D eigenvalue weighted by atomic mass is 9.95. The average Bonchev–Trinajstić information content (AvgIpc) is 2.72. The third-order valence-corrected chi connectivity index (χ3v) is 5.14. The fraction of sp³-hybridized carbons (Fsp3) is 0.160. The van der Waals surface area contributed by atoms with Crippen LogP contribution in [0.5, 0.6) is 0 Å². The number of nitrogens with one attached hydrogen (secondary N) is 1. The first-order valence-electron chi connectivity index (χ1n) is 9.72. The standard InChI is InChI=1S/C25H23N5/c1-15-6-8-18(11-21(15)14-26)24-22(12-19-9-7-16(2)28-25(19)29-24)20-10-17(3)27-23(13-20)30(4)5/h6-13H,2H2,1,3-5H3,(H,28,29). The Morgan fingerprint density at radius 2 is 1.80 bits per heavy atom. The molecule has 5 nitrogen and oxygen atoms in total. The SMILES string of the molecule is C=C1C=Cc2cc(-c3cc(C)nc(N(C)C)c3)c(-c3ccc(C)c(C#N)c3)nc2N1. The van der Waals surface area contributed by atoms with Crippen molar-refractivity contribution in [3.05, 3.63) is 77.1 Å². The number of benzene rings is 1. The van der Waals surface area contributed by atoms with Crippen molar-refractivity contribution in [1.82, 2.24) is 9.97 Å². The van der Waals surface area contributed by atoms with E-state index in [2.05, 4.69) is 41.1 Å². The van der Waals surface area contributed by atoms with Crippen molar-refractivity contribution in [2.24, 2.45) is 0 Å². The number of pyridine rings is 2. The number of fused-ring (bicyclic) bond motifs is 1. The zero-order valence-corrected chi connectivity index (χ0v) is 17.6. The largest absolute Gasteiger partial charge is 0.363 e. The second-order valence-corrected chi connectivity index (χ2v) is 7.70. The van der Waals surface area contributed by atoms with Crippen LogP contribution in [0.3, 0.4) is 0 Å². The third-order valence-electron chi connectivity index (χ3n) is 5.14. The number of rotatable bonds is 3. The van der Waals surface area contributed by atoms with E-state index in [9.17, 15) is 5.26 Å². The van der Waals surface area contributed by atoms with Crippen LogP contribution in [0.1, 0.15) is 22.4 Å². The van der Waals surface area contributed by atoms with Gasteiger partial charge in [-0.2, -0.15) is 5.26 Å². The van der Waals surface area contributed by atoms with Crippen LogP contribution in [0, 0.1) is 25.2 Å². The van der Waals surface area contributed by atoms with Crippen molar-refractivity contribution in [3.8, 4) is 28.5 Å². The van der Waals surface area contributed by atoms with E-state index in [-0.39, 0.29) is 0 Å². The number of nitriles is 1. The first-order chi connectivity index (χ1) is 14.4. The van der Waals surface area contributed by atoms with Crippen molar-refractivity contribution in [1.29, 1.82) is 5.26 Å². The summed E-state index contributed by atoms with van der Waals surface area (Å²) in [6.45, 7) is 7.92. The summed E-state index contributed by atoms with van der Waals surface area (Å²) in [6.07, 6.45) is 3.96. The molecule has 0 amide bonds. The first-order valence-corrected chi connectivity index (χ1v) is 9.72. The summed E-state index contributed by atoms with van der Waals surface area (Å²) >= 11 is 0. The Balaban J connectivity index is 2.00. The molecule has 1 aliphatic rings. The molecule has 0 saturated heterocycles. The van der Waals surface area contributed by atoms with Crippen molar-refractivity contribution in [3.63, 3.8) is 0 Å². The molecule has 5 heteroatoms. The number of hydrogen-bond donors (Lipinski definition) is 1. The lowest BCUT2D eigenvalue weighted by Gasteiger charge is -2.20. The first kappa shape index (κ1) is 19.4. The summed E-state index contributed by atoms with van der Waals surface area (Å²) in [5.41, 5.74) is 8.07.